The molecule has 1 saturated heterocycles. The Labute approximate surface area is 157 Å². The van der Waals surface area contributed by atoms with Crippen molar-refractivity contribution in [2.45, 2.75) is 58.7 Å². The van der Waals surface area contributed by atoms with Crippen LogP contribution in [-0.2, 0) is 0 Å². The number of nitrogens with one attached hydrogen (secondary N) is 2. The summed E-state index contributed by atoms with van der Waals surface area (Å²) in [6.07, 6.45) is 2.31. The van der Waals surface area contributed by atoms with Crippen molar-refractivity contribution < 1.29 is 0 Å². The van der Waals surface area contributed by atoms with Crippen LogP contribution in [0.4, 0.5) is 5.00 Å². The molecule has 0 amide bonds. The van der Waals surface area contributed by atoms with Gasteiger partial charge in [0.2, 0.25) is 0 Å². The van der Waals surface area contributed by atoms with Crippen LogP contribution in [0.15, 0.2) is 22.5 Å². The number of hydrogen-bond acceptors (Lipinski definition) is 4. The average Bonchev–Trinajstić information content (AvgIpc) is 3.12. The number of piperidine rings is 1. The van der Waals surface area contributed by atoms with E-state index in [0.717, 1.165) is 45.0 Å². The van der Waals surface area contributed by atoms with Crippen LogP contribution in [0.1, 0.15) is 40.5 Å². The van der Waals surface area contributed by atoms with Crippen molar-refractivity contribution in [2.24, 2.45) is 4.99 Å². The van der Waals surface area contributed by atoms with Gasteiger partial charge in [0.1, 0.15) is 0 Å². The lowest BCUT2D eigenvalue weighted by molar-refractivity contribution is 0.178. The van der Waals surface area contributed by atoms with Crippen LogP contribution in [0.5, 0.6) is 0 Å². The summed E-state index contributed by atoms with van der Waals surface area (Å²) in [7, 11) is 1.86. The highest BCUT2D eigenvalue weighted by atomic mass is 32.1. The quantitative estimate of drug-likeness (QED) is 0.576. The van der Waals surface area contributed by atoms with Gasteiger partial charge in [0.05, 0.1) is 5.00 Å². The molecule has 0 bridgehead atoms. The summed E-state index contributed by atoms with van der Waals surface area (Å²) in [6, 6.07) is 5.99. The molecule has 2 rings (SSSR count). The van der Waals surface area contributed by atoms with E-state index in [1.54, 1.807) is 0 Å². The van der Waals surface area contributed by atoms with E-state index < -0.39 is 0 Å². The summed E-state index contributed by atoms with van der Waals surface area (Å²) < 4.78 is 0. The molecule has 2 N–H and O–H groups in total. The Morgan fingerprint density at radius 1 is 1.28 bits per heavy atom. The van der Waals surface area contributed by atoms with Gasteiger partial charge in [0.15, 0.2) is 5.96 Å². The van der Waals surface area contributed by atoms with E-state index in [-0.39, 0.29) is 0 Å². The average molecular weight is 366 g/mol. The smallest absolute Gasteiger partial charge is 0.191 e. The van der Waals surface area contributed by atoms with Crippen molar-refractivity contribution >= 4 is 22.3 Å². The largest absolute Gasteiger partial charge is 0.363 e. The van der Waals surface area contributed by atoms with E-state index in [1.807, 2.05) is 18.4 Å². The minimum Gasteiger partial charge on any atom is -0.363 e. The number of anilines is 1. The Bertz CT molecular complexity index is 496. The second-order valence-corrected chi connectivity index (χ2v) is 8.21. The standard InChI is InChI=1S/C19H35N5S/c1-15(2)24(16(3)4)13-10-21-19(20-5)22-17-8-11-23(12-9-17)18-7-6-14-25-18/h6-7,14-17H,8-13H2,1-5H3,(H2,20,21,22). The maximum Gasteiger partial charge on any atom is 0.191 e. The summed E-state index contributed by atoms with van der Waals surface area (Å²) in [6.45, 7) is 13.2. The van der Waals surface area contributed by atoms with Gasteiger partial charge in [0.25, 0.3) is 0 Å². The second kappa shape index (κ2) is 10.0. The van der Waals surface area contributed by atoms with Crippen molar-refractivity contribution in [1.82, 2.24) is 15.5 Å². The first-order valence-electron chi connectivity index (χ1n) is 9.52. The predicted octanol–water partition coefficient (Wildman–Crippen LogP) is 3.00. The highest BCUT2D eigenvalue weighted by Crippen LogP contribution is 2.24. The normalized spacial score (nSPS) is 17.0. The third-order valence-electron chi connectivity index (χ3n) is 4.87. The summed E-state index contributed by atoms with van der Waals surface area (Å²) in [5.74, 6) is 0.932. The van der Waals surface area contributed by atoms with Gasteiger partial charge in [-0.25, -0.2) is 0 Å². The fourth-order valence-electron chi connectivity index (χ4n) is 3.50. The van der Waals surface area contributed by atoms with Crippen molar-refractivity contribution in [3.8, 4) is 0 Å². The zero-order valence-corrected chi connectivity index (χ0v) is 17.3. The Morgan fingerprint density at radius 3 is 2.48 bits per heavy atom. The Balaban J connectivity index is 1.72. The van der Waals surface area contributed by atoms with Crippen LogP contribution in [-0.4, -0.2) is 62.2 Å². The topological polar surface area (TPSA) is 42.9 Å². The lowest BCUT2D eigenvalue weighted by Gasteiger charge is -2.34. The van der Waals surface area contributed by atoms with Crippen molar-refractivity contribution in [3.05, 3.63) is 17.5 Å². The van der Waals surface area contributed by atoms with Gasteiger partial charge in [-0.2, -0.15) is 0 Å². The van der Waals surface area contributed by atoms with Crippen LogP contribution in [0.3, 0.4) is 0 Å². The van der Waals surface area contributed by atoms with E-state index in [2.05, 4.69) is 70.6 Å². The Morgan fingerprint density at radius 2 is 1.96 bits per heavy atom. The van der Waals surface area contributed by atoms with Gasteiger partial charge in [-0.1, -0.05) is 0 Å². The summed E-state index contributed by atoms with van der Waals surface area (Å²) in [5, 5.41) is 10.6. The lowest BCUT2D eigenvalue weighted by Crippen LogP contribution is -2.50. The maximum absolute atomic E-state index is 4.40. The summed E-state index contributed by atoms with van der Waals surface area (Å²) in [4.78, 5) is 9.39. The number of guanidine groups is 1. The molecule has 0 unspecified atom stereocenters. The molecule has 5 nitrogen and oxygen atoms in total. The molecule has 0 aromatic carbocycles. The maximum atomic E-state index is 4.40. The molecule has 1 aromatic heterocycles. The molecule has 0 atom stereocenters. The third-order valence-corrected chi connectivity index (χ3v) is 5.80. The van der Waals surface area contributed by atoms with E-state index in [1.165, 1.54) is 5.00 Å². The highest BCUT2D eigenvalue weighted by Gasteiger charge is 2.20. The monoisotopic (exact) mass is 365 g/mol. The van der Waals surface area contributed by atoms with Gasteiger partial charge >= 0.3 is 0 Å². The van der Waals surface area contributed by atoms with E-state index in [0.29, 0.717) is 18.1 Å². The van der Waals surface area contributed by atoms with Crippen molar-refractivity contribution in [2.75, 3.05) is 38.1 Å². The Kier molecular flexibility index (Phi) is 8.03. The predicted molar refractivity (Wildman–Crippen MR) is 111 cm³/mol. The van der Waals surface area contributed by atoms with Crippen LogP contribution in [0.25, 0.3) is 0 Å². The SMILES string of the molecule is CN=C(NCCN(C(C)C)C(C)C)NC1CCN(c2cccs2)CC1. The van der Waals surface area contributed by atoms with Crippen LogP contribution < -0.4 is 15.5 Å². The Hall–Kier alpha value is -1.27. The molecule has 1 aromatic rings. The third kappa shape index (κ3) is 6.19. The molecule has 0 spiro atoms. The minimum absolute atomic E-state index is 0.508. The number of nitrogens with zero attached hydrogens (tertiary/aromatic N) is 3. The number of thiophene rings is 1. The molecule has 1 aliphatic heterocycles. The van der Waals surface area contributed by atoms with Gasteiger partial charge in [-0.3, -0.25) is 9.89 Å². The zero-order chi connectivity index (χ0) is 18.2. The first kappa shape index (κ1) is 20.0. The molecular weight excluding hydrogens is 330 g/mol. The molecular formula is C19H35N5S. The van der Waals surface area contributed by atoms with Gasteiger partial charge < -0.3 is 15.5 Å². The zero-order valence-electron chi connectivity index (χ0n) is 16.5. The highest BCUT2D eigenvalue weighted by molar-refractivity contribution is 7.14. The van der Waals surface area contributed by atoms with Gasteiger partial charge in [-0.05, 0) is 58.0 Å². The lowest BCUT2D eigenvalue weighted by atomic mass is 10.1. The molecule has 0 radical (unpaired) electrons. The van der Waals surface area contributed by atoms with E-state index >= 15 is 0 Å². The molecule has 0 saturated carbocycles. The fourth-order valence-corrected chi connectivity index (χ4v) is 4.28. The minimum atomic E-state index is 0.508. The van der Waals surface area contributed by atoms with Crippen LogP contribution >= 0.6 is 11.3 Å². The summed E-state index contributed by atoms with van der Waals surface area (Å²) in [5.41, 5.74) is 0. The van der Waals surface area contributed by atoms with Crippen LogP contribution in [0.2, 0.25) is 0 Å². The number of rotatable bonds is 7. The van der Waals surface area contributed by atoms with Gasteiger partial charge in [0, 0.05) is 51.4 Å². The molecule has 6 heteroatoms. The number of hydrogen-bond donors (Lipinski definition) is 2. The molecule has 142 valence electrons. The van der Waals surface area contributed by atoms with E-state index in [4.69, 9.17) is 0 Å². The van der Waals surface area contributed by atoms with Gasteiger partial charge in [-0.15, -0.1) is 11.3 Å². The van der Waals surface area contributed by atoms with Crippen molar-refractivity contribution in [3.63, 3.8) is 0 Å². The molecule has 1 fully saturated rings. The van der Waals surface area contributed by atoms with Crippen LogP contribution in [0, 0.1) is 0 Å². The first-order chi connectivity index (χ1) is 12.0. The number of aliphatic imine (C=N–C) groups is 1. The fraction of sp³-hybridized carbons (Fsp3) is 0.737. The van der Waals surface area contributed by atoms with Crippen molar-refractivity contribution in [1.29, 1.82) is 0 Å². The first-order valence-corrected chi connectivity index (χ1v) is 10.4. The molecule has 1 aliphatic rings. The molecule has 2 heterocycles. The molecule has 25 heavy (non-hydrogen) atoms. The summed E-state index contributed by atoms with van der Waals surface area (Å²) >= 11 is 1.83. The second-order valence-electron chi connectivity index (χ2n) is 7.28. The molecule has 0 aliphatic carbocycles. The van der Waals surface area contributed by atoms with E-state index in [9.17, 15) is 0 Å².